The van der Waals surface area contributed by atoms with Gasteiger partial charge >= 0.3 is 0 Å². The van der Waals surface area contributed by atoms with E-state index >= 15 is 0 Å². The summed E-state index contributed by atoms with van der Waals surface area (Å²) in [7, 11) is 1.55. The monoisotopic (exact) mass is 194 g/mol. The summed E-state index contributed by atoms with van der Waals surface area (Å²) in [6.45, 7) is -0.526. The second-order valence-corrected chi connectivity index (χ2v) is 2.89. The van der Waals surface area contributed by atoms with Gasteiger partial charge in [-0.05, 0) is 17.7 Å². The lowest BCUT2D eigenvalue weighted by molar-refractivity contribution is -0.120. The van der Waals surface area contributed by atoms with Crippen LogP contribution in [0.1, 0.15) is 11.5 Å². The Morgan fingerprint density at radius 2 is 2.00 bits per heavy atom. The summed E-state index contributed by atoms with van der Waals surface area (Å²) in [6.07, 6.45) is 0. The van der Waals surface area contributed by atoms with Crippen LogP contribution in [0.4, 0.5) is 0 Å². The van der Waals surface area contributed by atoms with Crippen molar-refractivity contribution in [3.8, 4) is 5.75 Å². The van der Waals surface area contributed by atoms with Crippen LogP contribution in [0, 0.1) is 0 Å². The molecule has 0 fully saturated rings. The van der Waals surface area contributed by atoms with Crippen LogP contribution in [0.15, 0.2) is 24.3 Å². The summed E-state index contributed by atoms with van der Waals surface area (Å²) in [4.78, 5) is 10.9. The van der Waals surface area contributed by atoms with Gasteiger partial charge in [0.2, 0.25) is 5.91 Å². The maximum Gasteiger partial charge on any atom is 0.227 e. The minimum absolute atomic E-state index is 0.526. The van der Waals surface area contributed by atoms with Gasteiger partial charge in [-0.2, -0.15) is 0 Å². The summed E-state index contributed by atoms with van der Waals surface area (Å²) < 4.78 is 4.95. The lowest BCUT2D eigenvalue weighted by Crippen LogP contribution is -2.23. The maximum absolute atomic E-state index is 10.9. The molecule has 1 atom stereocenters. The molecule has 0 saturated carbocycles. The molecule has 1 rings (SSSR count). The van der Waals surface area contributed by atoms with Gasteiger partial charge in [0.1, 0.15) is 5.75 Å². The van der Waals surface area contributed by atoms with E-state index in [1.54, 1.807) is 31.4 Å². The molecule has 0 aliphatic heterocycles. The highest BCUT2D eigenvalue weighted by molar-refractivity contribution is 5.82. The quantitative estimate of drug-likeness (QED) is 0.766. The summed E-state index contributed by atoms with van der Waals surface area (Å²) in [5.41, 5.74) is 5.71. The molecule has 1 radical (unpaired) electrons. The largest absolute Gasteiger partial charge is 0.497 e. The van der Waals surface area contributed by atoms with Crippen LogP contribution in [0.25, 0.3) is 0 Å². The van der Waals surface area contributed by atoms with Crippen LogP contribution >= 0.6 is 0 Å². The predicted molar refractivity (Wildman–Crippen MR) is 50.5 cm³/mol. The molecule has 1 unspecified atom stereocenters. The molecular weight excluding hydrogens is 182 g/mol. The topological polar surface area (TPSA) is 72.2 Å². The minimum atomic E-state index is -0.749. The van der Waals surface area contributed by atoms with Gasteiger partial charge < -0.3 is 10.5 Å². The van der Waals surface area contributed by atoms with Crippen LogP contribution in [0.5, 0.6) is 5.75 Å². The van der Waals surface area contributed by atoms with E-state index in [1.807, 2.05) is 0 Å². The van der Waals surface area contributed by atoms with Crippen LogP contribution in [-0.4, -0.2) is 19.6 Å². The highest BCUT2D eigenvalue weighted by Crippen LogP contribution is 2.18. The number of rotatable bonds is 4. The van der Waals surface area contributed by atoms with Crippen molar-refractivity contribution in [3.05, 3.63) is 29.8 Å². The van der Waals surface area contributed by atoms with Gasteiger partial charge in [0.25, 0.3) is 0 Å². The van der Waals surface area contributed by atoms with Crippen molar-refractivity contribution in [2.75, 3.05) is 13.7 Å². The number of nitrogens with two attached hydrogens (primary N) is 1. The third-order valence-electron chi connectivity index (χ3n) is 2.03. The zero-order chi connectivity index (χ0) is 10.6. The van der Waals surface area contributed by atoms with E-state index in [4.69, 9.17) is 10.5 Å². The molecule has 0 heterocycles. The molecule has 1 aromatic carbocycles. The van der Waals surface area contributed by atoms with Crippen molar-refractivity contribution in [1.82, 2.24) is 0 Å². The Bertz CT molecular complexity index is 308. The number of methoxy groups -OCH3 is 1. The Balaban J connectivity index is 2.89. The lowest BCUT2D eigenvalue weighted by atomic mass is 9.99. The van der Waals surface area contributed by atoms with Crippen LogP contribution in [0.3, 0.4) is 0 Å². The van der Waals surface area contributed by atoms with E-state index in [0.717, 1.165) is 0 Å². The Hall–Kier alpha value is -1.55. The van der Waals surface area contributed by atoms with E-state index in [0.29, 0.717) is 11.3 Å². The van der Waals surface area contributed by atoms with Crippen molar-refractivity contribution in [2.45, 2.75) is 5.92 Å². The molecule has 0 spiro atoms. The van der Waals surface area contributed by atoms with Crippen molar-refractivity contribution in [1.29, 1.82) is 0 Å². The highest BCUT2D eigenvalue weighted by atomic mass is 16.5. The number of amides is 1. The molecule has 0 aliphatic rings. The Morgan fingerprint density at radius 1 is 1.43 bits per heavy atom. The van der Waals surface area contributed by atoms with Gasteiger partial charge in [-0.3, -0.25) is 4.79 Å². The second kappa shape index (κ2) is 4.62. The van der Waals surface area contributed by atoms with Crippen molar-refractivity contribution in [3.63, 3.8) is 0 Å². The van der Waals surface area contributed by atoms with Gasteiger partial charge in [0, 0.05) is 0 Å². The maximum atomic E-state index is 10.9. The molecule has 0 aliphatic carbocycles. The fraction of sp³-hybridized carbons (Fsp3) is 0.300. The zero-order valence-electron chi connectivity index (χ0n) is 7.90. The van der Waals surface area contributed by atoms with Crippen LogP contribution < -0.4 is 10.5 Å². The number of carbonyl (C=O) groups is 1. The first-order chi connectivity index (χ1) is 6.69. The molecule has 2 N–H and O–H groups in total. The van der Waals surface area contributed by atoms with E-state index in [9.17, 15) is 9.90 Å². The van der Waals surface area contributed by atoms with Crippen molar-refractivity contribution >= 4 is 5.91 Å². The number of primary amides is 1. The van der Waals surface area contributed by atoms with Crippen LogP contribution in [0.2, 0.25) is 0 Å². The molecule has 0 aromatic heterocycles. The number of carbonyl (C=O) groups excluding carboxylic acids is 1. The predicted octanol–water partition coefficient (Wildman–Crippen LogP) is 0.695. The van der Waals surface area contributed by atoms with Gasteiger partial charge in [-0.15, -0.1) is 0 Å². The molecular formula is C10H12NO3. The zero-order valence-corrected chi connectivity index (χ0v) is 7.90. The van der Waals surface area contributed by atoms with Gasteiger partial charge in [-0.1, -0.05) is 12.1 Å². The third-order valence-corrected chi connectivity index (χ3v) is 2.03. The standard InChI is InChI=1S/C10H12NO3/c1-14-8-4-2-7(3-5-8)9(6-12)10(11)13/h2-5,9H,6H2,1H3,(H2,11,13). The summed E-state index contributed by atoms with van der Waals surface area (Å²) in [5, 5.41) is 10.7. The molecule has 14 heavy (non-hydrogen) atoms. The molecule has 0 saturated heterocycles. The van der Waals surface area contributed by atoms with Gasteiger partial charge in [-0.25, -0.2) is 5.11 Å². The van der Waals surface area contributed by atoms with Gasteiger partial charge in [0.15, 0.2) is 0 Å². The van der Waals surface area contributed by atoms with Crippen molar-refractivity contribution in [2.24, 2.45) is 5.73 Å². The van der Waals surface area contributed by atoms with E-state index in [1.165, 1.54) is 0 Å². The third kappa shape index (κ3) is 2.23. The second-order valence-electron chi connectivity index (χ2n) is 2.89. The SMILES string of the molecule is COc1ccc(C(C[O])C(N)=O)cc1. The summed E-state index contributed by atoms with van der Waals surface area (Å²) >= 11 is 0. The number of hydrogen-bond acceptors (Lipinski definition) is 2. The molecule has 0 bridgehead atoms. The summed E-state index contributed by atoms with van der Waals surface area (Å²) in [5.74, 6) is -0.658. The lowest BCUT2D eigenvalue weighted by Gasteiger charge is -2.09. The van der Waals surface area contributed by atoms with Crippen molar-refractivity contribution < 1.29 is 14.6 Å². The number of benzene rings is 1. The molecule has 1 amide bonds. The normalized spacial score (nSPS) is 12.1. The van der Waals surface area contributed by atoms with E-state index in [-0.39, 0.29) is 0 Å². The average Bonchev–Trinajstić information content (AvgIpc) is 2.19. The molecule has 4 nitrogen and oxygen atoms in total. The first-order valence-electron chi connectivity index (χ1n) is 4.20. The van der Waals surface area contributed by atoms with Gasteiger partial charge in [0.05, 0.1) is 19.6 Å². The molecule has 1 aromatic rings. The number of hydrogen-bond donors (Lipinski definition) is 1. The Morgan fingerprint density at radius 3 is 2.36 bits per heavy atom. The molecule has 4 heteroatoms. The number of ether oxygens (including phenoxy) is 1. The first kappa shape index (κ1) is 10.5. The smallest absolute Gasteiger partial charge is 0.227 e. The highest BCUT2D eigenvalue weighted by Gasteiger charge is 2.16. The Labute approximate surface area is 82.3 Å². The first-order valence-corrected chi connectivity index (χ1v) is 4.20. The summed E-state index contributed by atoms with van der Waals surface area (Å²) in [6, 6.07) is 6.74. The van der Waals surface area contributed by atoms with E-state index < -0.39 is 18.4 Å². The van der Waals surface area contributed by atoms with E-state index in [2.05, 4.69) is 0 Å². The fourth-order valence-corrected chi connectivity index (χ4v) is 1.18. The average molecular weight is 194 g/mol. The fourth-order valence-electron chi connectivity index (χ4n) is 1.18. The Kier molecular flexibility index (Phi) is 3.48. The minimum Gasteiger partial charge on any atom is -0.497 e. The molecule has 75 valence electrons. The van der Waals surface area contributed by atoms with Crippen LogP contribution in [-0.2, 0) is 9.90 Å².